The van der Waals surface area contributed by atoms with Crippen LogP contribution >= 0.6 is 0 Å². The fourth-order valence-electron chi connectivity index (χ4n) is 1.05. The van der Waals surface area contributed by atoms with Crippen LogP contribution in [0.2, 0.25) is 0 Å². The summed E-state index contributed by atoms with van der Waals surface area (Å²) in [5.74, 6) is -0.496. The summed E-state index contributed by atoms with van der Waals surface area (Å²) >= 11 is 0. The van der Waals surface area contributed by atoms with E-state index in [-0.39, 0.29) is 23.6 Å². The van der Waals surface area contributed by atoms with Gasteiger partial charge in [0.2, 0.25) is 0 Å². The van der Waals surface area contributed by atoms with Crippen molar-refractivity contribution < 1.29 is 13.9 Å². The minimum Gasteiger partial charge on any atom is -0.488 e. The molecule has 14 heavy (non-hydrogen) atoms. The van der Waals surface area contributed by atoms with E-state index in [9.17, 15) is 9.18 Å². The van der Waals surface area contributed by atoms with E-state index >= 15 is 0 Å². The van der Waals surface area contributed by atoms with Gasteiger partial charge in [0.25, 0.3) is 5.91 Å². The van der Waals surface area contributed by atoms with Gasteiger partial charge in [-0.2, -0.15) is 0 Å². The number of carbonyl (C=O) groups excluding carboxylic acids is 1. The minimum atomic E-state index is -0.647. The topological polar surface area (TPSA) is 78.3 Å². The molecule has 76 valence electrons. The van der Waals surface area contributed by atoms with Crippen LogP contribution in [0.5, 0.6) is 5.75 Å². The van der Waals surface area contributed by atoms with Crippen LogP contribution in [0.3, 0.4) is 0 Å². The predicted octanol–water partition coefficient (Wildman–Crippen LogP) is 0.716. The largest absolute Gasteiger partial charge is 0.488 e. The molecular formula is C9H11FN2O2. The number of anilines is 1. The van der Waals surface area contributed by atoms with Crippen molar-refractivity contribution in [2.45, 2.75) is 0 Å². The first kappa shape index (κ1) is 10.3. The van der Waals surface area contributed by atoms with Crippen LogP contribution in [-0.2, 0) is 0 Å². The van der Waals surface area contributed by atoms with Crippen molar-refractivity contribution in [2.75, 3.05) is 19.0 Å². The predicted molar refractivity (Wildman–Crippen MR) is 50.8 cm³/mol. The van der Waals surface area contributed by atoms with Gasteiger partial charge in [-0.1, -0.05) is 6.07 Å². The first-order chi connectivity index (χ1) is 6.66. The van der Waals surface area contributed by atoms with Gasteiger partial charge in [0, 0.05) is 0 Å². The number of nitrogen functional groups attached to an aromatic ring is 1. The summed E-state index contributed by atoms with van der Waals surface area (Å²) in [6.45, 7) is -0.791. The van der Waals surface area contributed by atoms with Crippen LogP contribution in [0.4, 0.5) is 10.1 Å². The third kappa shape index (κ3) is 2.12. The van der Waals surface area contributed by atoms with Gasteiger partial charge in [-0.05, 0) is 12.1 Å². The number of hydrogen-bond donors (Lipinski definition) is 2. The molecule has 0 aliphatic carbocycles. The number of ether oxygens (including phenoxy) is 1. The number of halogens is 1. The molecule has 0 saturated carbocycles. The van der Waals surface area contributed by atoms with Gasteiger partial charge in [0.05, 0.1) is 11.3 Å². The van der Waals surface area contributed by atoms with Gasteiger partial charge in [-0.25, -0.2) is 4.39 Å². The highest BCUT2D eigenvalue weighted by Gasteiger charge is 2.11. The van der Waals surface area contributed by atoms with Crippen molar-refractivity contribution in [3.8, 4) is 5.75 Å². The molecule has 0 unspecified atom stereocenters. The maximum atomic E-state index is 11.9. The fourth-order valence-corrected chi connectivity index (χ4v) is 1.05. The van der Waals surface area contributed by atoms with Crippen LogP contribution in [0.15, 0.2) is 18.2 Å². The lowest BCUT2D eigenvalue weighted by molar-refractivity contribution is 0.0996. The highest BCUT2D eigenvalue weighted by atomic mass is 19.1. The quantitative estimate of drug-likeness (QED) is 0.699. The molecule has 0 aliphatic heterocycles. The molecule has 4 N–H and O–H groups in total. The highest BCUT2D eigenvalue weighted by molar-refractivity contribution is 5.97. The molecule has 0 heterocycles. The average Bonchev–Trinajstić information content (AvgIpc) is 2.15. The van der Waals surface area contributed by atoms with E-state index in [0.29, 0.717) is 0 Å². The third-order valence-electron chi connectivity index (χ3n) is 1.63. The molecule has 0 saturated heterocycles. The van der Waals surface area contributed by atoms with Gasteiger partial charge in [0.1, 0.15) is 13.3 Å². The van der Waals surface area contributed by atoms with Gasteiger partial charge < -0.3 is 16.2 Å². The van der Waals surface area contributed by atoms with E-state index in [1.165, 1.54) is 6.07 Å². The second-order valence-electron chi connectivity index (χ2n) is 2.63. The first-order valence-corrected chi connectivity index (χ1v) is 4.04. The van der Waals surface area contributed by atoms with Crippen molar-refractivity contribution in [3.05, 3.63) is 23.8 Å². The fraction of sp³-hybridized carbons (Fsp3) is 0.222. The van der Waals surface area contributed by atoms with Crippen molar-refractivity contribution in [2.24, 2.45) is 5.73 Å². The number of rotatable bonds is 4. The van der Waals surface area contributed by atoms with Crippen molar-refractivity contribution in [1.82, 2.24) is 0 Å². The molecular weight excluding hydrogens is 187 g/mol. The van der Waals surface area contributed by atoms with Crippen LogP contribution in [0.25, 0.3) is 0 Å². The van der Waals surface area contributed by atoms with Crippen LogP contribution in [0, 0.1) is 0 Å². The van der Waals surface area contributed by atoms with Gasteiger partial charge >= 0.3 is 0 Å². The Hall–Kier alpha value is -1.78. The molecule has 1 aromatic carbocycles. The van der Waals surface area contributed by atoms with Crippen molar-refractivity contribution in [3.63, 3.8) is 0 Å². The monoisotopic (exact) mass is 198 g/mol. The summed E-state index contributed by atoms with van der Waals surface area (Å²) in [6.07, 6.45) is 0. The van der Waals surface area contributed by atoms with E-state index in [2.05, 4.69) is 0 Å². The SMILES string of the molecule is NC(=O)c1cccc(N)c1OCCF. The van der Waals surface area contributed by atoms with E-state index in [0.717, 1.165) is 0 Å². The highest BCUT2D eigenvalue weighted by Crippen LogP contribution is 2.25. The molecule has 1 amide bonds. The molecule has 0 aromatic heterocycles. The van der Waals surface area contributed by atoms with E-state index in [1.54, 1.807) is 12.1 Å². The molecule has 4 nitrogen and oxygen atoms in total. The zero-order chi connectivity index (χ0) is 10.6. The van der Waals surface area contributed by atoms with Crippen LogP contribution in [-0.4, -0.2) is 19.2 Å². The zero-order valence-electron chi connectivity index (χ0n) is 7.50. The molecule has 0 fully saturated rings. The molecule has 1 rings (SSSR count). The molecule has 0 radical (unpaired) electrons. The number of carbonyl (C=O) groups is 1. The van der Waals surface area contributed by atoms with E-state index < -0.39 is 12.6 Å². The lowest BCUT2D eigenvalue weighted by Crippen LogP contribution is -2.14. The normalized spacial score (nSPS) is 9.79. The lowest BCUT2D eigenvalue weighted by Gasteiger charge is -2.10. The summed E-state index contributed by atoms with van der Waals surface area (Å²) in [5, 5.41) is 0. The number of para-hydroxylation sites is 1. The van der Waals surface area contributed by atoms with Gasteiger partial charge in [-0.3, -0.25) is 4.79 Å². The summed E-state index contributed by atoms with van der Waals surface area (Å²) in [4.78, 5) is 10.9. The maximum absolute atomic E-state index is 11.9. The molecule has 0 spiro atoms. The van der Waals surface area contributed by atoms with Crippen LogP contribution in [0.1, 0.15) is 10.4 Å². The zero-order valence-corrected chi connectivity index (χ0v) is 7.50. The van der Waals surface area contributed by atoms with Crippen molar-refractivity contribution in [1.29, 1.82) is 0 Å². The molecule has 0 aliphatic rings. The summed E-state index contributed by atoms with van der Waals surface area (Å²) in [5.41, 5.74) is 11.1. The number of hydrogen-bond acceptors (Lipinski definition) is 3. The Bertz CT molecular complexity index is 342. The number of nitrogens with two attached hydrogens (primary N) is 2. The van der Waals surface area contributed by atoms with E-state index in [4.69, 9.17) is 16.2 Å². The Balaban J connectivity index is 3.02. The summed E-state index contributed by atoms with van der Waals surface area (Å²) in [7, 11) is 0. The van der Waals surface area contributed by atoms with Gasteiger partial charge in [-0.15, -0.1) is 0 Å². The summed E-state index contributed by atoms with van der Waals surface area (Å²) < 4.78 is 16.8. The van der Waals surface area contributed by atoms with Crippen LogP contribution < -0.4 is 16.2 Å². The maximum Gasteiger partial charge on any atom is 0.252 e. The second kappa shape index (κ2) is 4.45. The van der Waals surface area contributed by atoms with Gasteiger partial charge in [0.15, 0.2) is 5.75 Å². The number of benzene rings is 1. The number of amides is 1. The molecule has 1 aromatic rings. The summed E-state index contributed by atoms with van der Waals surface area (Å²) in [6, 6.07) is 4.62. The first-order valence-electron chi connectivity index (χ1n) is 4.04. The van der Waals surface area contributed by atoms with Crippen molar-refractivity contribution >= 4 is 11.6 Å². The Morgan fingerprint density at radius 2 is 2.21 bits per heavy atom. The number of alkyl halides is 1. The lowest BCUT2D eigenvalue weighted by atomic mass is 10.1. The Kier molecular flexibility index (Phi) is 3.28. The standard InChI is InChI=1S/C9H11FN2O2/c10-4-5-14-8-6(9(12)13)2-1-3-7(8)11/h1-3H,4-5,11H2,(H2,12,13). The smallest absolute Gasteiger partial charge is 0.252 e. The minimum absolute atomic E-state index is 0.144. The molecule has 0 bridgehead atoms. The molecule has 5 heteroatoms. The Morgan fingerprint density at radius 3 is 2.79 bits per heavy atom. The average molecular weight is 198 g/mol. The van der Waals surface area contributed by atoms with E-state index in [1.807, 2.05) is 0 Å². The Morgan fingerprint density at radius 1 is 1.50 bits per heavy atom. The third-order valence-corrected chi connectivity index (χ3v) is 1.63. The Labute approximate surface area is 80.6 Å². The molecule has 0 atom stereocenters. The second-order valence-corrected chi connectivity index (χ2v) is 2.63. The number of primary amides is 1.